The van der Waals surface area contributed by atoms with Crippen molar-refractivity contribution in [3.05, 3.63) is 86.4 Å². The van der Waals surface area contributed by atoms with Crippen LogP contribution in [0.3, 0.4) is 0 Å². The molecule has 31 heavy (non-hydrogen) atoms. The van der Waals surface area contributed by atoms with Crippen molar-refractivity contribution in [2.45, 2.75) is 18.6 Å². The largest absolute Gasteiger partial charge is 0.508 e. The smallest absolute Gasteiger partial charge is 0.231 e. The molecule has 2 atom stereocenters. The van der Waals surface area contributed by atoms with Crippen molar-refractivity contribution in [2.75, 3.05) is 6.79 Å². The minimum atomic E-state index is -0.442. The van der Waals surface area contributed by atoms with Crippen LogP contribution in [0.1, 0.15) is 35.3 Å². The molecule has 5 nitrogen and oxygen atoms in total. The van der Waals surface area contributed by atoms with E-state index in [1.807, 2.05) is 24.3 Å². The highest BCUT2D eigenvalue weighted by atomic mass is 35.5. The van der Waals surface area contributed by atoms with E-state index >= 15 is 0 Å². The third-order valence-electron chi connectivity index (χ3n) is 5.37. The van der Waals surface area contributed by atoms with E-state index in [0.29, 0.717) is 38.6 Å². The minimum absolute atomic E-state index is 0.162. The summed E-state index contributed by atoms with van der Waals surface area (Å²) >= 11 is 18.8. The lowest BCUT2D eigenvalue weighted by Crippen LogP contribution is -2.33. The average molecular weight is 476 g/mol. The summed E-state index contributed by atoms with van der Waals surface area (Å²) in [6.45, 7) is 0.203. The Hall–Kier alpha value is -2.44. The fourth-order valence-electron chi connectivity index (χ4n) is 3.84. The number of nitrogens with zero attached hydrogens (tertiary/aromatic N) is 1. The lowest BCUT2D eigenvalue weighted by molar-refractivity contribution is 0.174. The Morgan fingerprint density at radius 3 is 2.48 bits per heavy atom. The van der Waals surface area contributed by atoms with Gasteiger partial charge in [0.15, 0.2) is 11.5 Å². The number of aromatic hydroxyl groups is 1. The Bertz CT molecular complexity index is 1200. The molecule has 0 amide bonds. The first kappa shape index (κ1) is 20.5. The fourth-order valence-corrected chi connectivity index (χ4v) is 4.54. The summed E-state index contributed by atoms with van der Waals surface area (Å²) in [5, 5.41) is 15.6. The third-order valence-corrected chi connectivity index (χ3v) is 6.17. The maximum atomic E-state index is 10.5. The van der Waals surface area contributed by atoms with Crippen molar-refractivity contribution in [3.63, 3.8) is 0 Å². The van der Waals surface area contributed by atoms with Gasteiger partial charge in [0.25, 0.3) is 0 Å². The number of benzene rings is 3. The van der Waals surface area contributed by atoms with Gasteiger partial charge in [0.2, 0.25) is 6.79 Å². The molecule has 0 radical (unpaired) electrons. The van der Waals surface area contributed by atoms with Gasteiger partial charge in [0.1, 0.15) is 11.9 Å². The number of hydrogen-bond acceptors (Lipinski definition) is 5. The zero-order valence-corrected chi connectivity index (χ0v) is 18.4. The molecule has 5 rings (SSSR count). The van der Waals surface area contributed by atoms with Crippen molar-refractivity contribution in [1.82, 2.24) is 5.32 Å². The SMILES string of the molecule is Oc1ccc(Cl)cc1[C@H]1CC(c2ccc3c(c2)OCO3)=N[C@@H](c2ccc(Cl)cc2Cl)N1. The molecule has 0 spiro atoms. The molecule has 0 aromatic heterocycles. The van der Waals surface area contributed by atoms with Gasteiger partial charge in [-0.25, -0.2) is 0 Å². The lowest BCUT2D eigenvalue weighted by atomic mass is 9.93. The normalized spacial score (nSPS) is 19.9. The molecule has 2 aliphatic heterocycles. The van der Waals surface area contributed by atoms with Crippen LogP contribution < -0.4 is 14.8 Å². The van der Waals surface area contributed by atoms with Crippen molar-refractivity contribution < 1.29 is 14.6 Å². The highest BCUT2D eigenvalue weighted by Crippen LogP contribution is 2.39. The predicted molar refractivity (Wildman–Crippen MR) is 122 cm³/mol. The summed E-state index contributed by atoms with van der Waals surface area (Å²) in [5.41, 5.74) is 3.23. The van der Waals surface area contributed by atoms with E-state index in [2.05, 4.69) is 5.32 Å². The highest BCUT2D eigenvalue weighted by molar-refractivity contribution is 6.35. The van der Waals surface area contributed by atoms with Gasteiger partial charge in [-0.2, -0.15) is 0 Å². The molecular weight excluding hydrogens is 459 g/mol. The standard InChI is InChI=1S/C23H17Cl3N2O3/c24-13-3-5-20(29)16(8-13)19-10-18(12-1-6-21-22(7-12)31-11-30-21)27-23(28-19)15-4-2-14(25)9-17(15)26/h1-9,19,23,28-29H,10-11H2/t19-,23-/m1/s1. The van der Waals surface area contributed by atoms with Crippen LogP contribution in [0.2, 0.25) is 15.1 Å². The van der Waals surface area contributed by atoms with Crippen molar-refractivity contribution in [3.8, 4) is 17.2 Å². The summed E-state index contributed by atoms with van der Waals surface area (Å²) in [6, 6.07) is 15.8. The molecule has 2 N–H and O–H groups in total. The third kappa shape index (κ3) is 4.06. The number of aliphatic imine (C=N–C) groups is 1. The monoisotopic (exact) mass is 474 g/mol. The molecular formula is C23H17Cl3N2O3. The quantitative estimate of drug-likeness (QED) is 0.466. The molecule has 3 aromatic carbocycles. The highest BCUT2D eigenvalue weighted by Gasteiger charge is 2.29. The Kier molecular flexibility index (Phi) is 5.44. The van der Waals surface area contributed by atoms with Gasteiger partial charge in [0, 0.05) is 44.4 Å². The minimum Gasteiger partial charge on any atom is -0.508 e. The molecule has 3 aromatic rings. The van der Waals surface area contributed by atoms with E-state index in [9.17, 15) is 5.11 Å². The van der Waals surface area contributed by atoms with Crippen LogP contribution in [-0.2, 0) is 0 Å². The first-order valence-corrected chi connectivity index (χ1v) is 10.8. The molecule has 158 valence electrons. The van der Waals surface area contributed by atoms with E-state index in [4.69, 9.17) is 49.3 Å². The number of nitrogens with one attached hydrogen (secondary N) is 1. The number of hydrogen-bond donors (Lipinski definition) is 2. The Labute approximate surface area is 194 Å². The molecule has 0 unspecified atom stereocenters. The summed E-state index contributed by atoms with van der Waals surface area (Å²) in [4.78, 5) is 4.93. The number of rotatable bonds is 3. The molecule has 0 saturated heterocycles. The van der Waals surface area contributed by atoms with Gasteiger partial charge in [-0.05, 0) is 54.1 Å². The van der Waals surface area contributed by atoms with E-state index in [1.165, 1.54) is 0 Å². The second-order valence-electron chi connectivity index (χ2n) is 7.34. The van der Waals surface area contributed by atoms with Gasteiger partial charge < -0.3 is 14.6 Å². The second kappa shape index (κ2) is 8.24. The summed E-state index contributed by atoms with van der Waals surface area (Å²) < 4.78 is 11.0. The van der Waals surface area contributed by atoms with E-state index in [1.54, 1.807) is 30.3 Å². The van der Waals surface area contributed by atoms with E-state index in [0.717, 1.165) is 16.8 Å². The van der Waals surface area contributed by atoms with Crippen LogP contribution in [0.15, 0.2) is 59.6 Å². The van der Waals surface area contributed by atoms with Crippen LogP contribution in [0.5, 0.6) is 17.2 Å². The van der Waals surface area contributed by atoms with Crippen molar-refractivity contribution in [1.29, 1.82) is 0 Å². The average Bonchev–Trinajstić information content (AvgIpc) is 3.23. The van der Waals surface area contributed by atoms with Crippen LogP contribution in [0.4, 0.5) is 0 Å². The molecule has 2 heterocycles. The zero-order valence-electron chi connectivity index (χ0n) is 16.1. The summed E-state index contributed by atoms with van der Waals surface area (Å²) in [5.74, 6) is 1.55. The lowest BCUT2D eigenvalue weighted by Gasteiger charge is -2.31. The predicted octanol–water partition coefficient (Wildman–Crippen LogP) is 6.30. The van der Waals surface area contributed by atoms with Crippen LogP contribution in [0, 0.1) is 0 Å². The van der Waals surface area contributed by atoms with Gasteiger partial charge in [-0.3, -0.25) is 10.3 Å². The number of phenolic OH excluding ortho intramolecular Hbond substituents is 1. The molecule has 0 fully saturated rings. The summed E-state index contributed by atoms with van der Waals surface area (Å²) in [6.07, 6.45) is 0.0947. The van der Waals surface area contributed by atoms with E-state index in [-0.39, 0.29) is 18.6 Å². The second-order valence-corrected chi connectivity index (χ2v) is 8.62. The number of halogens is 3. The number of fused-ring (bicyclic) bond motifs is 1. The first-order valence-electron chi connectivity index (χ1n) is 9.64. The van der Waals surface area contributed by atoms with Crippen LogP contribution >= 0.6 is 34.8 Å². The van der Waals surface area contributed by atoms with Crippen LogP contribution in [0.25, 0.3) is 0 Å². The van der Waals surface area contributed by atoms with Crippen molar-refractivity contribution in [2.24, 2.45) is 4.99 Å². The zero-order chi connectivity index (χ0) is 21.5. The van der Waals surface area contributed by atoms with Crippen molar-refractivity contribution >= 4 is 40.5 Å². The van der Waals surface area contributed by atoms with Gasteiger partial charge in [-0.15, -0.1) is 0 Å². The molecule has 0 aliphatic carbocycles. The Morgan fingerprint density at radius 1 is 0.871 bits per heavy atom. The number of phenols is 1. The Morgan fingerprint density at radius 2 is 1.65 bits per heavy atom. The molecule has 0 bridgehead atoms. The Balaban J connectivity index is 1.59. The van der Waals surface area contributed by atoms with Gasteiger partial charge in [-0.1, -0.05) is 40.9 Å². The summed E-state index contributed by atoms with van der Waals surface area (Å²) in [7, 11) is 0. The van der Waals surface area contributed by atoms with Crippen LogP contribution in [-0.4, -0.2) is 17.6 Å². The molecule has 8 heteroatoms. The van der Waals surface area contributed by atoms with Gasteiger partial charge in [0.05, 0.1) is 0 Å². The maximum Gasteiger partial charge on any atom is 0.231 e. The molecule has 0 saturated carbocycles. The van der Waals surface area contributed by atoms with E-state index < -0.39 is 6.17 Å². The number of ether oxygens (including phenoxy) is 2. The maximum absolute atomic E-state index is 10.5. The first-order chi connectivity index (χ1) is 15.0. The van der Waals surface area contributed by atoms with Gasteiger partial charge >= 0.3 is 0 Å². The topological polar surface area (TPSA) is 63.1 Å². The molecule has 2 aliphatic rings. The fraction of sp³-hybridized carbons (Fsp3) is 0.174.